The van der Waals surface area contributed by atoms with Gasteiger partial charge in [0, 0.05) is 11.7 Å². The van der Waals surface area contributed by atoms with Crippen molar-refractivity contribution in [3.8, 4) is 0 Å². The zero-order chi connectivity index (χ0) is 16.9. The molecule has 22 heavy (non-hydrogen) atoms. The SMILES string of the molecule is CC(C)CP(=O)(O)CC(=CC1CCC(C(=O)O)CC1)C(=O)O. The second-order valence-electron chi connectivity index (χ2n) is 6.53. The maximum absolute atomic E-state index is 12.1. The van der Waals surface area contributed by atoms with Crippen LogP contribution in [0.5, 0.6) is 0 Å². The minimum absolute atomic E-state index is 0.0229. The lowest BCUT2D eigenvalue weighted by molar-refractivity contribution is -0.143. The second kappa shape index (κ2) is 7.93. The molecule has 1 rings (SSSR count). The molecule has 3 N–H and O–H groups in total. The Balaban J connectivity index is 2.74. The highest BCUT2D eigenvalue weighted by Gasteiger charge is 2.28. The summed E-state index contributed by atoms with van der Waals surface area (Å²) < 4.78 is 12.1. The topological polar surface area (TPSA) is 112 Å². The van der Waals surface area contributed by atoms with Crippen molar-refractivity contribution in [1.29, 1.82) is 0 Å². The first kappa shape index (κ1) is 18.9. The van der Waals surface area contributed by atoms with Gasteiger partial charge in [-0.05, 0) is 37.5 Å². The van der Waals surface area contributed by atoms with Crippen molar-refractivity contribution >= 4 is 19.3 Å². The highest BCUT2D eigenvalue weighted by Crippen LogP contribution is 2.44. The fraction of sp³-hybridized carbons (Fsp3) is 0.733. The smallest absolute Gasteiger partial charge is 0.331 e. The van der Waals surface area contributed by atoms with Gasteiger partial charge in [-0.25, -0.2) is 4.79 Å². The molecule has 6 nitrogen and oxygen atoms in total. The summed E-state index contributed by atoms with van der Waals surface area (Å²) in [6.45, 7) is 3.64. The van der Waals surface area contributed by atoms with Crippen molar-refractivity contribution in [2.75, 3.05) is 12.3 Å². The average Bonchev–Trinajstić information content (AvgIpc) is 2.36. The van der Waals surface area contributed by atoms with Gasteiger partial charge in [0.1, 0.15) is 0 Å². The second-order valence-corrected chi connectivity index (χ2v) is 8.90. The van der Waals surface area contributed by atoms with Crippen molar-refractivity contribution < 1.29 is 29.3 Å². The first-order valence-corrected chi connectivity index (χ1v) is 9.61. The van der Waals surface area contributed by atoms with Gasteiger partial charge in [-0.1, -0.05) is 19.9 Å². The van der Waals surface area contributed by atoms with Crippen molar-refractivity contribution in [2.24, 2.45) is 17.8 Å². The summed E-state index contributed by atoms with van der Waals surface area (Å²) in [5.74, 6) is -2.34. The Kier molecular flexibility index (Phi) is 6.82. The number of carboxylic acid groups (broad SMARTS) is 2. The van der Waals surface area contributed by atoms with E-state index < -0.39 is 19.3 Å². The zero-order valence-electron chi connectivity index (χ0n) is 13.1. The van der Waals surface area contributed by atoms with E-state index in [1.165, 1.54) is 0 Å². The quantitative estimate of drug-likeness (QED) is 0.488. The normalized spacial score (nSPS) is 25.7. The fourth-order valence-corrected chi connectivity index (χ4v) is 4.95. The Hall–Kier alpha value is -1.13. The molecule has 1 saturated carbocycles. The van der Waals surface area contributed by atoms with Crippen LogP contribution in [-0.2, 0) is 14.2 Å². The highest BCUT2D eigenvalue weighted by molar-refractivity contribution is 7.58. The molecule has 0 aliphatic heterocycles. The number of hydrogen-bond donors (Lipinski definition) is 3. The predicted molar refractivity (Wildman–Crippen MR) is 83.2 cm³/mol. The van der Waals surface area contributed by atoms with E-state index >= 15 is 0 Å². The molecule has 0 amide bonds. The lowest BCUT2D eigenvalue weighted by Crippen LogP contribution is -2.21. The van der Waals surface area contributed by atoms with Crippen molar-refractivity contribution in [2.45, 2.75) is 39.5 Å². The van der Waals surface area contributed by atoms with E-state index in [4.69, 9.17) is 5.11 Å². The van der Waals surface area contributed by atoms with Crippen LogP contribution in [0.3, 0.4) is 0 Å². The maximum atomic E-state index is 12.1. The molecule has 0 heterocycles. The van der Waals surface area contributed by atoms with E-state index in [9.17, 15) is 24.2 Å². The first-order valence-electron chi connectivity index (χ1n) is 7.58. The molecule has 1 aliphatic carbocycles. The number of allylic oxidation sites excluding steroid dienone is 1. The van der Waals surface area contributed by atoms with E-state index in [1.54, 1.807) is 6.08 Å². The third-order valence-corrected chi connectivity index (χ3v) is 6.04. The summed E-state index contributed by atoms with van der Waals surface area (Å²) in [4.78, 5) is 32.1. The third-order valence-electron chi connectivity index (χ3n) is 3.90. The molecule has 126 valence electrons. The molecule has 0 aromatic heterocycles. The van der Waals surface area contributed by atoms with Crippen LogP contribution in [0.4, 0.5) is 0 Å². The van der Waals surface area contributed by atoms with Crippen molar-refractivity contribution in [3.63, 3.8) is 0 Å². The van der Waals surface area contributed by atoms with Crippen LogP contribution >= 0.6 is 7.37 Å². The Morgan fingerprint density at radius 3 is 2.14 bits per heavy atom. The Labute approximate surface area is 130 Å². The van der Waals surface area contributed by atoms with Gasteiger partial charge in [0.05, 0.1) is 12.1 Å². The summed E-state index contributed by atoms with van der Waals surface area (Å²) in [6, 6.07) is 0. The van der Waals surface area contributed by atoms with Crippen LogP contribution in [0.1, 0.15) is 39.5 Å². The molecule has 1 fully saturated rings. The van der Waals surface area contributed by atoms with Gasteiger partial charge >= 0.3 is 11.9 Å². The van der Waals surface area contributed by atoms with E-state index in [2.05, 4.69) is 0 Å². The van der Waals surface area contributed by atoms with Gasteiger partial charge in [0.15, 0.2) is 0 Å². The van der Waals surface area contributed by atoms with Crippen LogP contribution in [-0.4, -0.2) is 39.4 Å². The molecule has 0 radical (unpaired) electrons. The summed E-state index contributed by atoms with van der Waals surface area (Å²) in [5, 5.41) is 18.2. The Morgan fingerprint density at radius 1 is 1.18 bits per heavy atom. The van der Waals surface area contributed by atoms with Crippen molar-refractivity contribution in [3.05, 3.63) is 11.6 Å². The molecule has 7 heteroatoms. The van der Waals surface area contributed by atoms with E-state index in [-0.39, 0.29) is 35.7 Å². The zero-order valence-corrected chi connectivity index (χ0v) is 14.0. The van der Waals surface area contributed by atoms with E-state index in [1.807, 2.05) is 13.8 Å². The Morgan fingerprint density at radius 2 is 1.73 bits per heavy atom. The highest BCUT2D eigenvalue weighted by atomic mass is 31.2. The number of carboxylic acids is 2. The lowest BCUT2D eigenvalue weighted by Gasteiger charge is -2.24. The van der Waals surface area contributed by atoms with Gasteiger partial charge in [0.2, 0.25) is 7.37 Å². The molecule has 0 bridgehead atoms. The molecule has 0 aromatic rings. The summed E-state index contributed by atoms with van der Waals surface area (Å²) in [6.07, 6.45) is 3.59. The largest absolute Gasteiger partial charge is 0.481 e. The number of carbonyl (C=O) groups is 2. The van der Waals surface area contributed by atoms with Crippen LogP contribution in [0.15, 0.2) is 11.6 Å². The number of aliphatic carboxylic acids is 2. The molecular formula is C15H25O6P. The van der Waals surface area contributed by atoms with Crippen LogP contribution in [0.2, 0.25) is 0 Å². The summed E-state index contributed by atoms with van der Waals surface area (Å²) in [5.41, 5.74) is -0.0229. The molecule has 0 saturated heterocycles. The van der Waals surface area contributed by atoms with Crippen LogP contribution < -0.4 is 0 Å². The molecule has 1 unspecified atom stereocenters. The fourth-order valence-electron chi connectivity index (χ4n) is 2.91. The van der Waals surface area contributed by atoms with Crippen molar-refractivity contribution in [1.82, 2.24) is 0 Å². The van der Waals surface area contributed by atoms with E-state index in [0.29, 0.717) is 25.7 Å². The summed E-state index contributed by atoms with van der Waals surface area (Å²) in [7, 11) is -3.50. The molecule has 1 atom stereocenters. The van der Waals surface area contributed by atoms with Gasteiger partial charge < -0.3 is 15.1 Å². The molecule has 0 spiro atoms. The standard InChI is InChI=1S/C15H25O6P/c1-10(2)8-22(20,21)9-13(15(18)19)7-11-3-5-12(6-4-11)14(16)17/h7,10-12H,3-6,8-9H2,1-2H3,(H,16,17)(H,18,19)(H,20,21). The number of hydrogen-bond acceptors (Lipinski definition) is 3. The molecule has 1 aliphatic rings. The third kappa shape index (κ3) is 6.32. The molecule has 0 aromatic carbocycles. The van der Waals surface area contributed by atoms with Gasteiger partial charge in [-0.3, -0.25) is 9.36 Å². The predicted octanol–water partition coefficient (Wildman–Crippen LogP) is 2.81. The minimum Gasteiger partial charge on any atom is -0.481 e. The first-order chi connectivity index (χ1) is 10.1. The average molecular weight is 332 g/mol. The van der Waals surface area contributed by atoms with Gasteiger partial charge in [-0.15, -0.1) is 0 Å². The Bertz CT molecular complexity index is 488. The van der Waals surface area contributed by atoms with E-state index in [0.717, 1.165) is 0 Å². The van der Waals surface area contributed by atoms with Gasteiger partial charge in [-0.2, -0.15) is 0 Å². The molecular weight excluding hydrogens is 307 g/mol. The monoisotopic (exact) mass is 332 g/mol. The van der Waals surface area contributed by atoms with Gasteiger partial charge in [0.25, 0.3) is 0 Å². The maximum Gasteiger partial charge on any atom is 0.331 e. The van der Waals surface area contributed by atoms with Crippen LogP contribution in [0, 0.1) is 17.8 Å². The lowest BCUT2D eigenvalue weighted by atomic mass is 9.81. The summed E-state index contributed by atoms with van der Waals surface area (Å²) >= 11 is 0. The number of rotatable bonds is 7. The minimum atomic E-state index is -3.50. The van der Waals surface area contributed by atoms with Crippen LogP contribution in [0.25, 0.3) is 0 Å².